The van der Waals surface area contributed by atoms with Crippen molar-refractivity contribution in [2.45, 2.75) is 6.61 Å². The Hall–Kier alpha value is -1.52. The van der Waals surface area contributed by atoms with Gasteiger partial charge in [0.05, 0.1) is 5.69 Å². The van der Waals surface area contributed by atoms with Crippen LogP contribution in [-0.4, -0.2) is 19.8 Å². The lowest BCUT2D eigenvalue weighted by molar-refractivity contribution is -0.0514. The summed E-state index contributed by atoms with van der Waals surface area (Å²) in [5.41, 5.74) is 0.689. The van der Waals surface area contributed by atoms with Crippen LogP contribution in [0, 0.1) is 0 Å². The average molecular weight is 201 g/mol. The van der Waals surface area contributed by atoms with Gasteiger partial charge in [-0.2, -0.15) is 8.78 Å². The van der Waals surface area contributed by atoms with Gasteiger partial charge in [0.1, 0.15) is 6.61 Å². The summed E-state index contributed by atoms with van der Waals surface area (Å²) in [5, 5.41) is 3.03. The molecule has 1 heterocycles. The highest BCUT2D eigenvalue weighted by Gasteiger charge is 2.17. The van der Waals surface area contributed by atoms with Crippen LogP contribution in [-0.2, 0) is 0 Å². The van der Waals surface area contributed by atoms with Gasteiger partial charge in [0.25, 0.3) is 0 Å². The highest BCUT2D eigenvalue weighted by Crippen LogP contribution is 2.37. The molecule has 3 nitrogen and oxygen atoms in total. The Bertz CT molecular complexity index is 331. The lowest BCUT2D eigenvalue weighted by atomic mass is 10.2. The van der Waals surface area contributed by atoms with Crippen LogP contribution in [0.5, 0.6) is 11.5 Å². The third kappa shape index (κ3) is 1.71. The number of rotatable bonds is 2. The molecule has 0 unspecified atom stereocenters. The first-order valence-electron chi connectivity index (χ1n) is 4.22. The van der Waals surface area contributed by atoms with Crippen LogP contribution in [0.25, 0.3) is 0 Å². The molecule has 0 atom stereocenters. The van der Waals surface area contributed by atoms with Gasteiger partial charge in [-0.1, -0.05) is 6.07 Å². The first-order valence-corrected chi connectivity index (χ1v) is 4.22. The maximum Gasteiger partial charge on any atom is 0.387 e. The summed E-state index contributed by atoms with van der Waals surface area (Å²) in [5.74, 6) is 0.434. The summed E-state index contributed by atoms with van der Waals surface area (Å²) >= 11 is 0. The Morgan fingerprint density at radius 3 is 3.07 bits per heavy atom. The standard InChI is InChI=1S/C9H9F2NO2/c10-9(11)14-7-3-1-2-6-8(7)13-5-4-12-6/h1-3,9,12H,4-5H2. The molecule has 1 aromatic carbocycles. The van der Waals surface area contributed by atoms with Crippen molar-refractivity contribution in [2.75, 3.05) is 18.5 Å². The SMILES string of the molecule is FC(F)Oc1cccc2c1OCCN2. The third-order valence-corrected chi connectivity index (χ3v) is 1.86. The van der Waals surface area contributed by atoms with Crippen LogP contribution in [0.15, 0.2) is 18.2 Å². The van der Waals surface area contributed by atoms with E-state index in [1.54, 1.807) is 12.1 Å². The highest BCUT2D eigenvalue weighted by atomic mass is 19.3. The first-order chi connectivity index (χ1) is 6.77. The van der Waals surface area contributed by atoms with E-state index in [0.717, 1.165) is 0 Å². The molecule has 14 heavy (non-hydrogen) atoms. The van der Waals surface area contributed by atoms with E-state index in [-0.39, 0.29) is 5.75 Å². The van der Waals surface area contributed by atoms with Crippen LogP contribution in [0.1, 0.15) is 0 Å². The molecular weight excluding hydrogens is 192 g/mol. The van der Waals surface area contributed by atoms with E-state index in [1.165, 1.54) is 6.07 Å². The van der Waals surface area contributed by atoms with E-state index >= 15 is 0 Å². The fourth-order valence-corrected chi connectivity index (χ4v) is 1.33. The Kier molecular flexibility index (Phi) is 2.39. The number of benzene rings is 1. The molecule has 1 aliphatic heterocycles. The van der Waals surface area contributed by atoms with Crippen LogP contribution >= 0.6 is 0 Å². The summed E-state index contributed by atoms with van der Waals surface area (Å²) in [6.45, 7) is -1.70. The molecule has 0 bridgehead atoms. The summed E-state index contributed by atoms with van der Waals surface area (Å²) < 4.78 is 33.5. The highest BCUT2D eigenvalue weighted by molar-refractivity contribution is 5.64. The van der Waals surface area contributed by atoms with Crippen molar-refractivity contribution in [3.8, 4) is 11.5 Å². The molecule has 0 aromatic heterocycles. The lowest BCUT2D eigenvalue weighted by Crippen LogP contribution is -2.19. The first kappa shape index (κ1) is 9.05. The minimum atomic E-state index is -2.83. The van der Waals surface area contributed by atoms with Crippen molar-refractivity contribution in [3.05, 3.63) is 18.2 Å². The van der Waals surface area contributed by atoms with Crippen LogP contribution in [0.4, 0.5) is 14.5 Å². The molecule has 0 radical (unpaired) electrons. The van der Waals surface area contributed by atoms with E-state index in [0.29, 0.717) is 24.6 Å². The molecule has 76 valence electrons. The van der Waals surface area contributed by atoms with Crippen molar-refractivity contribution >= 4 is 5.69 Å². The second-order valence-electron chi connectivity index (χ2n) is 2.79. The second kappa shape index (κ2) is 3.69. The average Bonchev–Trinajstić information content (AvgIpc) is 2.18. The van der Waals surface area contributed by atoms with Gasteiger partial charge >= 0.3 is 6.61 Å². The summed E-state index contributed by atoms with van der Waals surface area (Å²) in [6, 6.07) is 4.85. The summed E-state index contributed by atoms with van der Waals surface area (Å²) in [7, 11) is 0. The predicted molar refractivity (Wildman–Crippen MR) is 47.1 cm³/mol. The number of alkyl halides is 2. The van der Waals surface area contributed by atoms with Gasteiger partial charge < -0.3 is 14.8 Å². The van der Waals surface area contributed by atoms with E-state index in [4.69, 9.17) is 4.74 Å². The molecule has 0 saturated heterocycles. The zero-order valence-corrected chi connectivity index (χ0v) is 7.30. The van der Waals surface area contributed by atoms with Gasteiger partial charge in [-0.3, -0.25) is 0 Å². The van der Waals surface area contributed by atoms with Gasteiger partial charge in [0.2, 0.25) is 0 Å². The smallest absolute Gasteiger partial charge is 0.387 e. The van der Waals surface area contributed by atoms with Gasteiger partial charge in [0.15, 0.2) is 11.5 Å². The number of halogens is 2. The number of hydrogen-bond donors (Lipinski definition) is 1. The molecule has 0 amide bonds. The summed E-state index contributed by atoms with van der Waals surface area (Å²) in [4.78, 5) is 0. The number of para-hydroxylation sites is 1. The zero-order chi connectivity index (χ0) is 9.97. The topological polar surface area (TPSA) is 30.5 Å². The Morgan fingerprint density at radius 2 is 2.29 bits per heavy atom. The Balaban J connectivity index is 2.30. The predicted octanol–water partition coefficient (Wildman–Crippen LogP) is 2.09. The van der Waals surface area contributed by atoms with Crippen molar-refractivity contribution in [3.63, 3.8) is 0 Å². The molecular formula is C9H9F2NO2. The fraction of sp³-hybridized carbons (Fsp3) is 0.333. The molecule has 2 rings (SSSR count). The third-order valence-electron chi connectivity index (χ3n) is 1.86. The van der Waals surface area contributed by atoms with E-state index in [2.05, 4.69) is 10.1 Å². The number of hydrogen-bond acceptors (Lipinski definition) is 3. The molecule has 0 aliphatic carbocycles. The zero-order valence-electron chi connectivity index (χ0n) is 7.30. The largest absolute Gasteiger partial charge is 0.486 e. The van der Waals surface area contributed by atoms with Crippen molar-refractivity contribution in [1.29, 1.82) is 0 Å². The molecule has 1 aliphatic rings. The molecule has 1 aromatic rings. The van der Waals surface area contributed by atoms with E-state index in [9.17, 15) is 8.78 Å². The molecule has 1 N–H and O–H groups in total. The number of nitrogens with one attached hydrogen (secondary N) is 1. The van der Waals surface area contributed by atoms with E-state index in [1.807, 2.05) is 0 Å². The van der Waals surface area contributed by atoms with E-state index < -0.39 is 6.61 Å². The number of ether oxygens (including phenoxy) is 2. The van der Waals surface area contributed by atoms with Gasteiger partial charge in [-0.05, 0) is 12.1 Å². The monoisotopic (exact) mass is 201 g/mol. The number of fused-ring (bicyclic) bond motifs is 1. The molecule has 0 saturated carbocycles. The maximum absolute atomic E-state index is 12.0. The molecule has 0 fully saturated rings. The van der Waals surface area contributed by atoms with Gasteiger partial charge in [-0.25, -0.2) is 0 Å². The fourth-order valence-electron chi connectivity index (χ4n) is 1.33. The van der Waals surface area contributed by atoms with Gasteiger partial charge in [-0.15, -0.1) is 0 Å². The number of anilines is 1. The van der Waals surface area contributed by atoms with Crippen LogP contribution in [0.2, 0.25) is 0 Å². The normalized spacial score (nSPS) is 14.2. The lowest BCUT2D eigenvalue weighted by Gasteiger charge is -2.21. The van der Waals surface area contributed by atoms with Crippen molar-refractivity contribution < 1.29 is 18.3 Å². The van der Waals surface area contributed by atoms with Crippen molar-refractivity contribution in [2.24, 2.45) is 0 Å². The quantitative estimate of drug-likeness (QED) is 0.794. The molecule has 5 heteroatoms. The summed E-state index contributed by atoms with van der Waals surface area (Å²) in [6.07, 6.45) is 0. The minimum Gasteiger partial charge on any atom is -0.486 e. The molecule has 0 spiro atoms. The minimum absolute atomic E-state index is 0.0738. The van der Waals surface area contributed by atoms with Crippen LogP contribution in [0.3, 0.4) is 0 Å². The van der Waals surface area contributed by atoms with Crippen LogP contribution < -0.4 is 14.8 Å². The maximum atomic E-state index is 12.0. The second-order valence-corrected chi connectivity index (χ2v) is 2.79. The van der Waals surface area contributed by atoms with Crippen molar-refractivity contribution in [1.82, 2.24) is 0 Å². The Morgan fingerprint density at radius 1 is 1.43 bits per heavy atom. The van der Waals surface area contributed by atoms with Gasteiger partial charge in [0, 0.05) is 6.54 Å². The Labute approximate surface area is 79.6 Å².